The number of rotatable bonds is 4. The summed E-state index contributed by atoms with van der Waals surface area (Å²) in [4.78, 5) is 11.3. The number of nitrogens with one attached hydrogen (secondary N) is 1. The Labute approximate surface area is 120 Å². The Kier molecular flexibility index (Phi) is 3.27. The van der Waals surface area contributed by atoms with Crippen molar-refractivity contribution < 1.29 is 14.6 Å². The maximum atomic E-state index is 11.3. The van der Waals surface area contributed by atoms with Crippen LogP contribution < -0.4 is 10.1 Å². The summed E-state index contributed by atoms with van der Waals surface area (Å²) in [6.07, 6.45) is 3.32. The smallest absolute Gasteiger partial charge is 0.323 e. The van der Waals surface area contributed by atoms with Crippen LogP contribution in [0.1, 0.15) is 30.4 Å². The SMILES string of the molecule is O=C(O)C1(NCc2cc(Br)cc3c2OCC3)CCC1. The molecule has 0 amide bonds. The van der Waals surface area contributed by atoms with Crippen LogP contribution >= 0.6 is 15.9 Å². The van der Waals surface area contributed by atoms with Crippen LogP contribution in [0.5, 0.6) is 5.75 Å². The van der Waals surface area contributed by atoms with Crippen molar-refractivity contribution in [2.75, 3.05) is 6.61 Å². The maximum Gasteiger partial charge on any atom is 0.323 e. The van der Waals surface area contributed by atoms with Crippen LogP contribution in [-0.2, 0) is 17.8 Å². The van der Waals surface area contributed by atoms with E-state index >= 15 is 0 Å². The van der Waals surface area contributed by atoms with E-state index in [0.717, 1.165) is 28.6 Å². The fourth-order valence-electron chi connectivity index (χ4n) is 2.74. The zero-order valence-electron chi connectivity index (χ0n) is 10.5. The van der Waals surface area contributed by atoms with Crippen molar-refractivity contribution in [1.29, 1.82) is 0 Å². The lowest BCUT2D eigenvalue weighted by Gasteiger charge is -2.38. The van der Waals surface area contributed by atoms with Gasteiger partial charge in [0.15, 0.2) is 0 Å². The van der Waals surface area contributed by atoms with Crippen molar-refractivity contribution in [3.05, 3.63) is 27.7 Å². The third-order valence-corrected chi connectivity index (χ3v) is 4.52. The minimum atomic E-state index is -0.744. The maximum absolute atomic E-state index is 11.3. The van der Waals surface area contributed by atoms with E-state index in [-0.39, 0.29) is 0 Å². The number of halogens is 1. The zero-order chi connectivity index (χ0) is 13.5. The third kappa shape index (κ3) is 2.25. The highest BCUT2D eigenvalue weighted by molar-refractivity contribution is 9.10. The summed E-state index contributed by atoms with van der Waals surface area (Å²) < 4.78 is 6.67. The van der Waals surface area contributed by atoms with Gasteiger partial charge in [0.1, 0.15) is 11.3 Å². The van der Waals surface area contributed by atoms with Crippen LogP contribution in [0.15, 0.2) is 16.6 Å². The van der Waals surface area contributed by atoms with Gasteiger partial charge in [-0.25, -0.2) is 0 Å². The van der Waals surface area contributed by atoms with Crippen molar-refractivity contribution in [2.24, 2.45) is 0 Å². The monoisotopic (exact) mass is 325 g/mol. The van der Waals surface area contributed by atoms with Gasteiger partial charge in [-0.05, 0) is 37.0 Å². The Morgan fingerprint density at radius 3 is 2.89 bits per heavy atom. The predicted molar refractivity (Wildman–Crippen MR) is 74.4 cm³/mol. The van der Waals surface area contributed by atoms with Crippen LogP contribution in [0.2, 0.25) is 0 Å². The molecule has 0 unspecified atom stereocenters. The number of hydrogen-bond acceptors (Lipinski definition) is 3. The summed E-state index contributed by atoms with van der Waals surface area (Å²) in [6, 6.07) is 4.08. The number of carboxylic acids is 1. The van der Waals surface area contributed by atoms with Gasteiger partial charge < -0.3 is 9.84 Å². The quantitative estimate of drug-likeness (QED) is 0.892. The van der Waals surface area contributed by atoms with Crippen LogP contribution in [0, 0.1) is 0 Å². The van der Waals surface area contributed by atoms with Crippen molar-refractivity contribution in [3.8, 4) is 5.75 Å². The molecule has 102 valence electrons. The molecule has 0 atom stereocenters. The van der Waals surface area contributed by atoms with Crippen LogP contribution in [0.3, 0.4) is 0 Å². The first-order chi connectivity index (χ1) is 9.11. The van der Waals surface area contributed by atoms with E-state index in [1.807, 2.05) is 6.07 Å². The average molecular weight is 326 g/mol. The molecule has 0 radical (unpaired) electrons. The van der Waals surface area contributed by atoms with Crippen molar-refractivity contribution >= 4 is 21.9 Å². The Morgan fingerprint density at radius 2 is 2.26 bits per heavy atom. The molecule has 0 saturated heterocycles. The highest BCUT2D eigenvalue weighted by Gasteiger charge is 2.44. The summed E-state index contributed by atoms with van der Waals surface area (Å²) in [5.41, 5.74) is 1.51. The molecule has 0 spiro atoms. The first kappa shape index (κ1) is 12.9. The Morgan fingerprint density at radius 1 is 1.47 bits per heavy atom. The van der Waals surface area contributed by atoms with E-state index < -0.39 is 11.5 Å². The van der Waals surface area contributed by atoms with E-state index in [0.29, 0.717) is 26.0 Å². The van der Waals surface area contributed by atoms with E-state index in [9.17, 15) is 9.90 Å². The van der Waals surface area contributed by atoms with E-state index in [1.54, 1.807) is 0 Å². The fraction of sp³-hybridized carbons (Fsp3) is 0.500. The van der Waals surface area contributed by atoms with Crippen molar-refractivity contribution in [3.63, 3.8) is 0 Å². The van der Waals surface area contributed by atoms with Crippen LogP contribution in [-0.4, -0.2) is 23.2 Å². The van der Waals surface area contributed by atoms with E-state index in [4.69, 9.17) is 4.74 Å². The molecule has 1 aliphatic carbocycles. The van der Waals surface area contributed by atoms with Gasteiger partial charge in [-0.3, -0.25) is 10.1 Å². The summed E-state index contributed by atoms with van der Waals surface area (Å²) >= 11 is 3.50. The molecule has 1 heterocycles. The van der Waals surface area contributed by atoms with Gasteiger partial charge in [-0.15, -0.1) is 0 Å². The van der Waals surface area contributed by atoms with E-state index in [2.05, 4.69) is 27.3 Å². The van der Waals surface area contributed by atoms with Gasteiger partial charge in [0.25, 0.3) is 0 Å². The fourth-order valence-corrected chi connectivity index (χ4v) is 3.29. The Balaban J connectivity index is 1.79. The molecule has 5 heteroatoms. The van der Waals surface area contributed by atoms with Gasteiger partial charge in [0.05, 0.1) is 6.61 Å². The lowest BCUT2D eigenvalue weighted by atomic mass is 9.76. The second-order valence-corrected chi connectivity index (χ2v) is 6.16. The van der Waals surface area contributed by atoms with E-state index in [1.165, 1.54) is 5.56 Å². The third-order valence-electron chi connectivity index (χ3n) is 4.06. The normalized spacial score (nSPS) is 19.4. The summed E-state index contributed by atoms with van der Waals surface area (Å²) in [5, 5.41) is 12.5. The highest BCUT2D eigenvalue weighted by atomic mass is 79.9. The molecule has 1 fully saturated rings. The molecule has 1 aromatic carbocycles. The lowest BCUT2D eigenvalue weighted by molar-refractivity contribution is -0.148. The first-order valence-corrected chi connectivity index (χ1v) is 7.32. The highest BCUT2D eigenvalue weighted by Crippen LogP contribution is 2.36. The lowest BCUT2D eigenvalue weighted by Crippen LogP contribution is -2.56. The molecule has 1 aromatic rings. The van der Waals surface area contributed by atoms with Gasteiger partial charge >= 0.3 is 5.97 Å². The number of hydrogen-bond donors (Lipinski definition) is 2. The van der Waals surface area contributed by atoms with Gasteiger partial charge in [0, 0.05) is 23.0 Å². The number of fused-ring (bicyclic) bond motifs is 1. The number of ether oxygens (including phenoxy) is 1. The number of carboxylic acid groups (broad SMARTS) is 1. The Bertz CT molecular complexity index is 526. The standard InChI is InChI=1S/C14H16BrNO3/c15-11-6-9-2-5-19-12(9)10(7-11)8-16-14(13(17)18)3-1-4-14/h6-7,16H,1-5,8H2,(H,17,18). The summed E-state index contributed by atoms with van der Waals surface area (Å²) in [5.74, 6) is 0.182. The molecule has 0 aromatic heterocycles. The summed E-state index contributed by atoms with van der Waals surface area (Å²) in [6.45, 7) is 1.25. The average Bonchev–Trinajstić information content (AvgIpc) is 2.74. The number of carbonyl (C=O) groups is 1. The topological polar surface area (TPSA) is 58.6 Å². The second-order valence-electron chi connectivity index (χ2n) is 5.25. The minimum absolute atomic E-state index is 0.536. The van der Waals surface area contributed by atoms with Gasteiger partial charge in [-0.1, -0.05) is 15.9 Å². The Hall–Kier alpha value is -1.07. The van der Waals surface area contributed by atoms with Crippen LogP contribution in [0.25, 0.3) is 0 Å². The van der Waals surface area contributed by atoms with Crippen LogP contribution in [0.4, 0.5) is 0 Å². The molecule has 0 bridgehead atoms. The zero-order valence-corrected chi connectivity index (χ0v) is 12.1. The van der Waals surface area contributed by atoms with Gasteiger partial charge in [0.2, 0.25) is 0 Å². The predicted octanol–water partition coefficient (Wildman–Crippen LogP) is 2.48. The van der Waals surface area contributed by atoms with Gasteiger partial charge in [-0.2, -0.15) is 0 Å². The molecule has 4 nitrogen and oxygen atoms in total. The summed E-state index contributed by atoms with van der Waals surface area (Å²) in [7, 11) is 0. The molecule has 1 saturated carbocycles. The molecular weight excluding hydrogens is 310 g/mol. The molecule has 19 heavy (non-hydrogen) atoms. The first-order valence-electron chi connectivity index (χ1n) is 6.53. The largest absolute Gasteiger partial charge is 0.493 e. The number of benzene rings is 1. The number of aliphatic carboxylic acids is 1. The molecule has 2 N–H and O–H groups in total. The second kappa shape index (κ2) is 4.80. The molecule has 1 aliphatic heterocycles. The minimum Gasteiger partial charge on any atom is -0.493 e. The van der Waals surface area contributed by atoms with Crippen molar-refractivity contribution in [1.82, 2.24) is 5.32 Å². The molecular formula is C14H16BrNO3. The molecule has 3 rings (SSSR count). The molecule has 2 aliphatic rings. The van der Waals surface area contributed by atoms with Crippen molar-refractivity contribution in [2.45, 2.75) is 37.8 Å².